The van der Waals surface area contributed by atoms with Gasteiger partial charge in [-0.3, -0.25) is 9.59 Å². The smallest absolute Gasteiger partial charge is 0.201 e. The Labute approximate surface area is 146 Å². The first-order chi connectivity index (χ1) is 12.3. The molecule has 0 saturated carbocycles. The van der Waals surface area contributed by atoms with Gasteiger partial charge in [-0.05, 0) is 23.6 Å². The van der Waals surface area contributed by atoms with Crippen LogP contribution in [0.1, 0.15) is 31.8 Å². The highest BCUT2D eigenvalue weighted by atomic mass is 16.5. The molecule has 4 rings (SSSR count). The fourth-order valence-corrected chi connectivity index (χ4v) is 3.30. The molecule has 0 aliphatic heterocycles. The molecule has 0 amide bonds. The van der Waals surface area contributed by atoms with Crippen molar-refractivity contribution in [1.82, 2.24) is 0 Å². The zero-order valence-electron chi connectivity index (χ0n) is 13.4. The highest BCUT2D eigenvalue weighted by Gasteiger charge is 2.36. The third-order valence-corrected chi connectivity index (χ3v) is 4.45. The summed E-state index contributed by atoms with van der Waals surface area (Å²) in [5.41, 5.74) is -0.694. The highest BCUT2D eigenvalue weighted by molar-refractivity contribution is 6.32. The van der Waals surface area contributed by atoms with Gasteiger partial charge in [0.25, 0.3) is 0 Å². The molecule has 130 valence electrons. The Balaban J connectivity index is 2.11. The predicted molar refractivity (Wildman–Crippen MR) is 90.5 cm³/mol. The van der Waals surface area contributed by atoms with Crippen LogP contribution in [0.4, 0.5) is 0 Å². The summed E-state index contributed by atoms with van der Waals surface area (Å²) in [4.78, 5) is 25.8. The van der Waals surface area contributed by atoms with Crippen LogP contribution in [0.3, 0.4) is 0 Å². The van der Waals surface area contributed by atoms with Gasteiger partial charge in [-0.15, -0.1) is 0 Å². The lowest BCUT2D eigenvalue weighted by Crippen LogP contribution is -2.21. The van der Waals surface area contributed by atoms with Crippen molar-refractivity contribution in [1.29, 1.82) is 0 Å². The minimum atomic E-state index is -0.748. The SMILES string of the molecule is COc1cc(O)c2c(c1)C(=O)c1cc3cc(O)cc(O)c3c(O)c1C2=O. The van der Waals surface area contributed by atoms with E-state index in [-0.39, 0.29) is 44.5 Å². The van der Waals surface area contributed by atoms with E-state index in [1.807, 2.05) is 0 Å². The van der Waals surface area contributed by atoms with Crippen LogP contribution in [0.15, 0.2) is 30.3 Å². The molecule has 0 radical (unpaired) electrons. The van der Waals surface area contributed by atoms with Gasteiger partial charge in [0.15, 0.2) is 5.78 Å². The van der Waals surface area contributed by atoms with Crippen LogP contribution in [0.5, 0.6) is 28.7 Å². The predicted octanol–water partition coefficient (Wildman–Crippen LogP) is 2.45. The largest absolute Gasteiger partial charge is 0.508 e. The normalized spacial score (nSPS) is 12.8. The van der Waals surface area contributed by atoms with Gasteiger partial charge in [0.1, 0.15) is 28.7 Å². The van der Waals surface area contributed by atoms with Crippen molar-refractivity contribution in [3.8, 4) is 28.7 Å². The average molecular weight is 352 g/mol. The lowest BCUT2D eigenvalue weighted by Gasteiger charge is -2.21. The van der Waals surface area contributed by atoms with E-state index in [0.717, 1.165) is 6.07 Å². The van der Waals surface area contributed by atoms with E-state index in [1.54, 1.807) is 0 Å². The quantitative estimate of drug-likeness (QED) is 0.415. The van der Waals surface area contributed by atoms with E-state index in [1.165, 1.54) is 31.4 Å². The van der Waals surface area contributed by atoms with Crippen LogP contribution >= 0.6 is 0 Å². The van der Waals surface area contributed by atoms with E-state index in [9.17, 15) is 30.0 Å². The maximum absolute atomic E-state index is 12.9. The molecule has 7 nitrogen and oxygen atoms in total. The van der Waals surface area contributed by atoms with Crippen LogP contribution in [-0.2, 0) is 0 Å². The molecule has 4 N–H and O–H groups in total. The van der Waals surface area contributed by atoms with Crippen molar-refractivity contribution >= 4 is 22.3 Å². The van der Waals surface area contributed by atoms with Gasteiger partial charge in [-0.1, -0.05) is 0 Å². The highest BCUT2D eigenvalue weighted by Crippen LogP contribution is 2.45. The minimum absolute atomic E-state index is 0.0533. The van der Waals surface area contributed by atoms with Crippen molar-refractivity contribution in [2.45, 2.75) is 0 Å². The van der Waals surface area contributed by atoms with Gasteiger partial charge in [0.05, 0.1) is 23.6 Å². The lowest BCUT2D eigenvalue weighted by molar-refractivity contribution is 0.0974. The fraction of sp³-hybridized carbons (Fsp3) is 0.0526. The number of hydrogen-bond donors (Lipinski definition) is 4. The molecule has 0 atom stereocenters. The van der Waals surface area contributed by atoms with Gasteiger partial charge in [0, 0.05) is 23.3 Å². The summed E-state index contributed by atoms with van der Waals surface area (Å²) in [6, 6.07) is 6.11. The minimum Gasteiger partial charge on any atom is -0.508 e. The van der Waals surface area contributed by atoms with E-state index >= 15 is 0 Å². The molecule has 0 saturated heterocycles. The van der Waals surface area contributed by atoms with Crippen LogP contribution in [0.2, 0.25) is 0 Å². The second-order valence-electron chi connectivity index (χ2n) is 5.94. The van der Waals surface area contributed by atoms with E-state index in [4.69, 9.17) is 4.74 Å². The molecule has 26 heavy (non-hydrogen) atoms. The molecule has 1 aliphatic carbocycles. The number of hydrogen-bond acceptors (Lipinski definition) is 7. The molecular weight excluding hydrogens is 340 g/mol. The Bertz CT molecular complexity index is 1140. The van der Waals surface area contributed by atoms with Crippen LogP contribution in [0, 0.1) is 0 Å². The van der Waals surface area contributed by atoms with Crippen molar-refractivity contribution in [3.05, 3.63) is 52.6 Å². The summed E-state index contributed by atoms with van der Waals surface area (Å²) < 4.78 is 5.02. The average Bonchev–Trinajstić information content (AvgIpc) is 2.57. The Morgan fingerprint density at radius 2 is 1.46 bits per heavy atom. The first-order valence-corrected chi connectivity index (χ1v) is 7.55. The number of rotatable bonds is 1. The Morgan fingerprint density at radius 3 is 2.15 bits per heavy atom. The monoisotopic (exact) mass is 352 g/mol. The zero-order valence-corrected chi connectivity index (χ0v) is 13.4. The molecule has 7 heteroatoms. The van der Waals surface area contributed by atoms with Gasteiger partial charge in [0.2, 0.25) is 5.78 Å². The molecular formula is C19H12O7. The molecule has 0 unspecified atom stereocenters. The maximum atomic E-state index is 12.9. The third kappa shape index (κ3) is 1.94. The summed E-state index contributed by atoms with van der Waals surface area (Å²) in [5, 5.41) is 40.5. The lowest BCUT2D eigenvalue weighted by atomic mass is 9.81. The molecule has 3 aromatic carbocycles. The van der Waals surface area contributed by atoms with Crippen molar-refractivity contribution in [2.75, 3.05) is 7.11 Å². The summed E-state index contributed by atoms with van der Waals surface area (Å²) in [6.45, 7) is 0. The first kappa shape index (κ1) is 15.8. The Morgan fingerprint density at radius 1 is 0.769 bits per heavy atom. The topological polar surface area (TPSA) is 124 Å². The number of benzene rings is 3. The summed E-state index contributed by atoms with van der Waals surface area (Å²) >= 11 is 0. The number of phenols is 4. The molecule has 0 spiro atoms. The number of methoxy groups -OCH3 is 1. The molecule has 0 fully saturated rings. The van der Waals surface area contributed by atoms with Gasteiger partial charge in [-0.2, -0.15) is 0 Å². The first-order valence-electron chi connectivity index (χ1n) is 7.55. The molecule has 0 bridgehead atoms. The van der Waals surface area contributed by atoms with E-state index in [0.29, 0.717) is 0 Å². The van der Waals surface area contributed by atoms with Crippen molar-refractivity contribution < 1.29 is 34.8 Å². The second-order valence-corrected chi connectivity index (χ2v) is 5.94. The number of carbonyl (C=O) groups is 2. The number of ether oxygens (including phenoxy) is 1. The van der Waals surface area contributed by atoms with Crippen molar-refractivity contribution in [2.24, 2.45) is 0 Å². The standard InChI is InChI=1S/C19H12O7/c1-26-9-5-11-15(13(22)6-9)19(25)16-10(17(11)23)3-7-2-8(20)4-12(21)14(7)18(16)24/h2-6,20-22,24H,1H3. The van der Waals surface area contributed by atoms with Gasteiger partial charge in [-0.25, -0.2) is 0 Å². The van der Waals surface area contributed by atoms with Gasteiger partial charge < -0.3 is 25.2 Å². The number of carbonyl (C=O) groups excluding carboxylic acids is 2. The Kier molecular flexibility index (Phi) is 3.11. The number of aromatic hydroxyl groups is 4. The molecule has 3 aromatic rings. The van der Waals surface area contributed by atoms with E-state index in [2.05, 4.69) is 0 Å². The summed E-state index contributed by atoms with van der Waals surface area (Å²) in [5.74, 6) is -2.88. The zero-order chi connectivity index (χ0) is 18.7. The van der Waals surface area contributed by atoms with Crippen LogP contribution in [-0.4, -0.2) is 39.1 Å². The summed E-state index contributed by atoms with van der Waals surface area (Å²) in [7, 11) is 1.36. The number of phenolic OH excluding ortho intramolecular Hbond substituents is 4. The van der Waals surface area contributed by atoms with E-state index < -0.39 is 28.8 Å². The Hall–Kier alpha value is -3.74. The molecule has 1 aliphatic rings. The number of fused-ring (bicyclic) bond motifs is 3. The van der Waals surface area contributed by atoms with Crippen LogP contribution in [0.25, 0.3) is 10.8 Å². The summed E-state index contributed by atoms with van der Waals surface area (Å²) in [6.07, 6.45) is 0. The van der Waals surface area contributed by atoms with Crippen LogP contribution < -0.4 is 4.74 Å². The second kappa shape index (κ2) is 5.13. The molecule has 0 heterocycles. The third-order valence-electron chi connectivity index (χ3n) is 4.45. The van der Waals surface area contributed by atoms with Crippen molar-refractivity contribution in [3.63, 3.8) is 0 Å². The fourth-order valence-electron chi connectivity index (χ4n) is 3.30. The number of ketones is 2. The maximum Gasteiger partial charge on any atom is 0.201 e. The van der Waals surface area contributed by atoms with Gasteiger partial charge >= 0.3 is 0 Å². The molecule has 0 aromatic heterocycles.